The summed E-state index contributed by atoms with van der Waals surface area (Å²) < 4.78 is 11.0. The number of hydrogen-bond acceptors (Lipinski definition) is 7. The fraction of sp³-hybridized carbons (Fsp3) is 0.269. The molecule has 0 aliphatic carbocycles. The van der Waals surface area contributed by atoms with Crippen LogP contribution in [0.15, 0.2) is 70.3 Å². The average molecular weight is 478 g/mol. The number of amides is 1. The number of aryl methyl sites for hydroxylation is 2. The Morgan fingerprint density at radius 2 is 1.88 bits per heavy atom. The Labute approximate surface area is 203 Å². The Kier molecular flexibility index (Phi) is 7.07. The van der Waals surface area contributed by atoms with Crippen LogP contribution < -0.4 is 10.1 Å². The molecule has 0 radical (unpaired) electrons. The Hall–Kier alpha value is -3.52. The number of anilines is 1. The first-order chi connectivity index (χ1) is 16.4. The van der Waals surface area contributed by atoms with Gasteiger partial charge in [-0.15, -0.1) is 0 Å². The van der Waals surface area contributed by atoms with Gasteiger partial charge < -0.3 is 19.7 Å². The number of hydrogen-bond donors (Lipinski definition) is 1. The second-order valence-corrected chi connectivity index (χ2v) is 8.92. The topological polar surface area (TPSA) is 80.2 Å². The van der Waals surface area contributed by atoms with Crippen molar-refractivity contribution in [2.24, 2.45) is 4.99 Å². The first-order valence-electron chi connectivity index (χ1n) is 11.1. The van der Waals surface area contributed by atoms with Crippen LogP contribution >= 0.6 is 11.8 Å². The Balaban J connectivity index is 1.46. The van der Waals surface area contributed by atoms with Crippen molar-refractivity contribution >= 4 is 34.5 Å². The quantitative estimate of drug-likeness (QED) is 0.560. The molecule has 0 saturated carbocycles. The number of aliphatic imine (C=N–C) groups is 1. The van der Waals surface area contributed by atoms with Crippen LogP contribution in [0.2, 0.25) is 0 Å². The third-order valence-corrected chi connectivity index (χ3v) is 6.31. The van der Waals surface area contributed by atoms with E-state index >= 15 is 0 Å². The van der Waals surface area contributed by atoms with Gasteiger partial charge in [-0.25, -0.2) is 9.79 Å². The van der Waals surface area contributed by atoms with Crippen LogP contribution in [0, 0.1) is 13.8 Å². The maximum Gasteiger partial charge on any atom is 0.338 e. The molecule has 2 aromatic rings. The van der Waals surface area contributed by atoms with E-state index in [1.165, 1.54) is 11.8 Å². The smallest absolute Gasteiger partial charge is 0.338 e. The molecule has 7 nitrogen and oxygen atoms in total. The van der Waals surface area contributed by atoms with Gasteiger partial charge in [0, 0.05) is 11.9 Å². The van der Waals surface area contributed by atoms with Crippen molar-refractivity contribution in [3.63, 3.8) is 0 Å². The van der Waals surface area contributed by atoms with E-state index in [0.29, 0.717) is 23.6 Å². The van der Waals surface area contributed by atoms with Crippen LogP contribution in [0.3, 0.4) is 0 Å². The molecule has 0 bridgehead atoms. The zero-order chi connectivity index (χ0) is 24.2. The summed E-state index contributed by atoms with van der Waals surface area (Å²) in [6.45, 7) is 7.77. The number of rotatable bonds is 7. The summed E-state index contributed by atoms with van der Waals surface area (Å²) in [7, 11) is 0. The molecule has 2 aliphatic rings. The zero-order valence-corrected chi connectivity index (χ0v) is 20.4. The van der Waals surface area contributed by atoms with Gasteiger partial charge in [0.2, 0.25) is 0 Å². The second-order valence-electron chi connectivity index (χ2n) is 8.05. The molecule has 176 valence electrons. The minimum atomic E-state index is -0.374. The molecule has 2 aromatic carbocycles. The molecular weight excluding hydrogens is 450 g/mol. The molecule has 1 atom stereocenters. The molecule has 4 rings (SSSR count). The summed E-state index contributed by atoms with van der Waals surface area (Å²) in [5, 5.41) is 5.64. The molecule has 0 spiro atoms. The van der Waals surface area contributed by atoms with E-state index in [2.05, 4.69) is 10.3 Å². The lowest BCUT2D eigenvalue weighted by Gasteiger charge is -2.33. The molecule has 0 saturated heterocycles. The molecule has 1 N–H and O–H groups in total. The van der Waals surface area contributed by atoms with Crippen LogP contribution in [-0.4, -0.2) is 35.2 Å². The number of carbonyl (C=O) groups is 2. The molecule has 1 amide bonds. The number of carbonyl (C=O) groups excluding carboxylic acids is 2. The van der Waals surface area contributed by atoms with Gasteiger partial charge in [-0.3, -0.25) is 4.79 Å². The first-order valence-corrected chi connectivity index (χ1v) is 11.9. The molecule has 0 fully saturated rings. The van der Waals surface area contributed by atoms with Crippen LogP contribution in [-0.2, 0) is 14.3 Å². The van der Waals surface area contributed by atoms with E-state index in [1.807, 2.05) is 67.6 Å². The Morgan fingerprint density at radius 3 is 2.59 bits per heavy atom. The van der Waals surface area contributed by atoms with Crippen molar-refractivity contribution in [1.82, 2.24) is 4.90 Å². The van der Waals surface area contributed by atoms with E-state index in [1.54, 1.807) is 19.1 Å². The molecule has 2 aliphatic heterocycles. The number of nitrogens with zero attached hydrogens (tertiary/aromatic N) is 2. The third-order valence-electron chi connectivity index (χ3n) is 5.54. The number of nitrogens with one attached hydrogen (secondary N) is 1. The number of esters is 1. The molecule has 0 aromatic heterocycles. The standard InChI is InChI=1S/C26H27N3O4S/c1-5-32-25(31)23-18(4)27-26-29(12-13-34-26)24(23)19-7-9-20(10-8-19)33-15-22(30)28-21-11-6-16(2)14-17(21)3/h6-14,24H,5,15H2,1-4H3,(H,28,30)/t24-/m0/s1. The number of benzene rings is 2. The van der Waals surface area contributed by atoms with Crippen molar-refractivity contribution in [3.8, 4) is 5.75 Å². The van der Waals surface area contributed by atoms with Gasteiger partial charge in [0.1, 0.15) is 5.75 Å². The predicted molar refractivity (Wildman–Crippen MR) is 135 cm³/mol. The largest absolute Gasteiger partial charge is 0.484 e. The van der Waals surface area contributed by atoms with Gasteiger partial charge in [0.15, 0.2) is 11.8 Å². The average Bonchev–Trinajstić information content (AvgIpc) is 3.27. The molecule has 34 heavy (non-hydrogen) atoms. The highest BCUT2D eigenvalue weighted by Gasteiger charge is 2.37. The van der Waals surface area contributed by atoms with Crippen LogP contribution in [0.5, 0.6) is 5.75 Å². The fourth-order valence-electron chi connectivity index (χ4n) is 3.93. The summed E-state index contributed by atoms with van der Waals surface area (Å²) in [5.41, 5.74) is 4.97. The lowest BCUT2D eigenvalue weighted by molar-refractivity contribution is -0.139. The van der Waals surface area contributed by atoms with E-state index in [9.17, 15) is 9.59 Å². The van der Waals surface area contributed by atoms with Gasteiger partial charge in [0.25, 0.3) is 5.91 Å². The zero-order valence-electron chi connectivity index (χ0n) is 19.6. The van der Waals surface area contributed by atoms with Crippen molar-refractivity contribution in [1.29, 1.82) is 0 Å². The van der Waals surface area contributed by atoms with Crippen molar-refractivity contribution in [3.05, 3.63) is 82.0 Å². The molecule has 0 unspecified atom stereocenters. The van der Waals surface area contributed by atoms with E-state index in [4.69, 9.17) is 9.47 Å². The van der Waals surface area contributed by atoms with Crippen molar-refractivity contribution < 1.29 is 19.1 Å². The first kappa shape index (κ1) is 23.6. The number of thioether (sulfide) groups is 1. The number of amidine groups is 1. The van der Waals surface area contributed by atoms with E-state index in [0.717, 1.165) is 27.5 Å². The highest BCUT2D eigenvalue weighted by atomic mass is 32.2. The number of fused-ring (bicyclic) bond motifs is 1. The summed E-state index contributed by atoms with van der Waals surface area (Å²) in [5.74, 6) is -0.0398. The van der Waals surface area contributed by atoms with Gasteiger partial charge >= 0.3 is 5.97 Å². The summed E-state index contributed by atoms with van der Waals surface area (Å²) >= 11 is 1.51. The van der Waals surface area contributed by atoms with Crippen molar-refractivity contribution in [2.75, 3.05) is 18.5 Å². The Bertz CT molecular complexity index is 1200. The summed E-state index contributed by atoms with van der Waals surface area (Å²) in [4.78, 5) is 31.6. The highest BCUT2D eigenvalue weighted by molar-refractivity contribution is 8.16. The highest BCUT2D eigenvalue weighted by Crippen LogP contribution is 2.41. The normalized spacial score (nSPS) is 16.8. The van der Waals surface area contributed by atoms with Gasteiger partial charge in [0.05, 0.1) is 23.9 Å². The predicted octanol–water partition coefficient (Wildman–Crippen LogP) is 5.09. The second kappa shape index (κ2) is 10.2. The maximum atomic E-state index is 12.7. The minimum absolute atomic E-state index is 0.106. The van der Waals surface area contributed by atoms with Crippen LogP contribution in [0.4, 0.5) is 5.69 Å². The fourth-order valence-corrected chi connectivity index (χ4v) is 4.72. The van der Waals surface area contributed by atoms with Gasteiger partial charge in [-0.05, 0) is 62.4 Å². The SMILES string of the molecule is CCOC(=O)C1=C(C)N=C2SC=CN2[C@H]1c1ccc(OCC(=O)Nc2ccc(C)cc2C)cc1. The number of allylic oxidation sites excluding steroid dienone is 1. The minimum Gasteiger partial charge on any atom is -0.484 e. The maximum absolute atomic E-state index is 12.7. The van der Waals surface area contributed by atoms with E-state index in [-0.39, 0.29) is 24.5 Å². The summed E-state index contributed by atoms with van der Waals surface area (Å²) in [6.07, 6.45) is 1.92. The lowest BCUT2D eigenvalue weighted by Crippen LogP contribution is -2.34. The molecular formula is C26H27N3O4S. The third kappa shape index (κ3) is 5.02. The number of ether oxygens (including phenoxy) is 2. The van der Waals surface area contributed by atoms with Crippen molar-refractivity contribution in [2.45, 2.75) is 33.7 Å². The Morgan fingerprint density at radius 1 is 1.12 bits per heavy atom. The van der Waals surface area contributed by atoms with Crippen LogP contribution in [0.25, 0.3) is 0 Å². The van der Waals surface area contributed by atoms with Gasteiger partial charge in [-0.2, -0.15) is 0 Å². The molecule has 2 heterocycles. The van der Waals surface area contributed by atoms with E-state index < -0.39 is 0 Å². The van der Waals surface area contributed by atoms with Crippen LogP contribution in [0.1, 0.15) is 36.6 Å². The summed E-state index contributed by atoms with van der Waals surface area (Å²) in [6, 6.07) is 12.9. The monoisotopic (exact) mass is 477 g/mol. The van der Waals surface area contributed by atoms with Gasteiger partial charge in [-0.1, -0.05) is 41.6 Å². The lowest BCUT2D eigenvalue weighted by atomic mass is 9.95. The molecule has 8 heteroatoms.